The average molecular weight is 768 g/mol. The molecular weight excluding hydrogens is 719 g/mol. The average Bonchev–Trinajstić information content (AvgIpc) is 4.02. The van der Waals surface area contributed by atoms with E-state index in [1.54, 1.807) is 66.1 Å². The summed E-state index contributed by atoms with van der Waals surface area (Å²) < 4.78 is 44.6. The molecule has 1 saturated heterocycles. The zero-order valence-electron chi connectivity index (χ0n) is 31.5. The summed E-state index contributed by atoms with van der Waals surface area (Å²) in [6.07, 6.45) is 3.53. The number of aromatic nitrogens is 1. The molecule has 0 bridgehead atoms. The Labute approximate surface area is 315 Å². The Hall–Kier alpha value is -4.99. The highest BCUT2D eigenvalue weighted by Crippen LogP contribution is 2.45. The maximum absolute atomic E-state index is 14.5. The number of alkyl carbamates (subject to hydrolysis) is 1. The molecule has 2 aromatic rings. The van der Waals surface area contributed by atoms with Crippen molar-refractivity contribution in [3.63, 3.8) is 0 Å². The summed E-state index contributed by atoms with van der Waals surface area (Å²) in [5.74, 6) is -2.24. The molecule has 5 atom stereocenters. The molecule has 3 aliphatic rings. The first-order chi connectivity index (χ1) is 25.4. The first-order valence-electron chi connectivity index (χ1n) is 17.9. The molecule has 1 aromatic carbocycles. The van der Waals surface area contributed by atoms with Crippen LogP contribution in [-0.4, -0.2) is 96.1 Å². The first kappa shape index (κ1) is 40.2. The number of rotatable bonds is 15. The number of allylic oxidation sites excluding steroid dienone is 2. The number of nitrogens with zero attached hydrogens (tertiary/aromatic N) is 2. The van der Waals surface area contributed by atoms with Crippen LogP contribution in [0.2, 0.25) is 0 Å². The Morgan fingerprint density at radius 2 is 1.85 bits per heavy atom. The summed E-state index contributed by atoms with van der Waals surface area (Å²) in [7, 11) is -2.38. The fraction of sp³-hybridized carbons (Fsp3) is 0.526. The zero-order valence-corrected chi connectivity index (χ0v) is 32.3. The van der Waals surface area contributed by atoms with E-state index in [4.69, 9.17) is 14.2 Å². The Morgan fingerprint density at radius 1 is 1.13 bits per heavy atom. The van der Waals surface area contributed by atoms with Crippen LogP contribution in [0.4, 0.5) is 4.79 Å². The monoisotopic (exact) mass is 767 g/mol. The van der Waals surface area contributed by atoms with Gasteiger partial charge in [-0.1, -0.05) is 11.6 Å². The van der Waals surface area contributed by atoms with E-state index in [0.29, 0.717) is 24.0 Å². The Balaban J connectivity index is 1.45. The van der Waals surface area contributed by atoms with Crippen molar-refractivity contribution in [1.29, 1.82) is 0 Å². The summed E-state index contributed by atoms with van der Waals surface area (Å²) >= 11 is 0. The predicted octanol–water partition coefficient (Wildman–Crippen LogP) is 3.47. The Bertz CT molecular complexity index is 1970. The molecule has 5 rings (SSSR count). The van der Waals surface area contributed by atoms with E-state index < -0.39 is 74.3 Å². The van der Waals surface area contributed by atoms with Crippen LogP contribution in [-0.2, 0) is 33.9 Å². The van der Waals surface area contributed by atoms with Crippen molar-refractivity contribution in [2.45, 2.75) is 108 Å². The molecule has 54 heavy (non-hydrogen) atoms. The zero-order chi connectivity index (χ0) is 39.6. The molecule has 2 saturated carbocycles. The van der Waals surface area contributed by atoms with Crippen molar-refractivity contribution < 1.29 is 46.6 Å². The van der Waals surface area contributed by atoms with Crippen LogP contribution >= 0.6 is 0 Å². The Kier molecular flexibility index (Phi) is 11.7. The van der Waals surface area contributed by atoms with Crippen LogP contribution in [0.5, 0.6) is 11.6 Å². The summed E-state index contributed by atoms with van der Waals surface area (Å²) in [5, 5.41) is 6.10. The van der Waals surface area contributed by atoms with Gasteiger partial charge in [0.25, 0.3) is 5.91 Å². The van der Waals surface area contributed by atoms with Gasteiger partial charge < -0.3 is 29.7 Å². The third kappa shape index (κ3) is 9.56. The number of ketones is 1. The van der Waals surface area contributed by atoms with Crippen molar-refractivity contribution in [3.8, 4) is 11.6 Å². The second-order valence-electron chi connectivity index (χ2n) is 15.3. The molecule has 2 aliphatic carbocycles. The predicted molar refractivity (Wildman–Crippen MR) is 199 cm³/mol. The minimum absolute atomic E-state index is 0.0432. The second kappa shape index (κ2) is 15.8. The highest BCUT2D eigenvalue weighted by atomic mass is 32.2. The number of ether oxygens (including phenoxy) is 3. The van der Waals surface area contributed by atoms with Crippen LogP contribution in [0.1, 0.15) is 73.1 Å². The molecule has 2 heterocycles. The van der Waals surface area contributed by atoms with Gasteiger partial charge in [0.2, 0.25) is 27.7 Å². The van der Waals surface area contributed by atoms with Crippen molar-refractivity contribution >= 4 is 50.4 Å². The first-order valence-corrected chi connectivity index (χ1v) is 19.5. The van der Waals surface area contributed by atoms with Crippen molar-refractivity contribution in [2.75, 3.05) is 13.7 Å². The number of carbonyl (C=O) groups excluding carboxylic acids is 5. The third-order valence-corrected chi connectivity index (χ3v) is 11.2. The number of hydrogen-bond acceptors (Lipinski definition) is 11. The number of pyridine rings is 1. The van der Waals surface area contributed by atoms with Gasteiger partial charge in [-0.3, -0.25) is 23.9 Å². The number of carbonyl (C=O) groups is 5. The largest absolute Gasteiger partial charge is 0.497 e. The standard InChI is InChI=1S/C38H49N5O10S/c1-8-24-20-38(24,35(47)42-54(49,50)28-11-12-28)41-32(45)31-19-27(52-33-29-13-10-26(51-7)18-23(29)15-16-39-33)21-43(31)34(46)30(14-9-25(44)17-22(2)3)40-36(48)53-37(4,5)6/h8,10,13,15-18,24,27-28,30-31H,1,9,11-12,14,19-21H2,2-7H3,(H,40,48)(H,41,45)(H,42,47)/t24-,27-,30+,31+,38-/m1/s1. The third-order valence-electron chi connectivity index (χ3n) is 9.43. The van der Waals surface area contributed by atoms with Gasteiger partial charge in [-0.05, 0) is 96.0 Å². The van der Waals surface area contributed by atoms with Crippen LogP contribution in [0, 0.1) is 5.92 Å². The van der Waals surface area contributed by atoms with E-state index >= 15 is 0 Å². The quantitative estimate of drug-likeness (QED) is 0.177. The smallest absolute Gasteiger partial charge is 0.408 e. The van der Waals surface area contributed by atoms with Gasteiger partial charge in [0.05, 0.1) is 18.9 Å². The Morgan fingerprint density at radius 3 is 2.46 bits per heavy atom. The molecule has 15 nitrogen and oxygen atoms in total. The number of amides is 4. The highest BCUT2D eigenvalue weighted by Gasteiger charge is 2.62. The number of methoxy groups -OCH3 is 1. The van der Waals surface area contributed by atoms with E-state index in [2.05, 4.69) is 26.9 Å². The van der Waals surface area contributed by atoms with Crippen molar-refractivity contribution in [3.05, 3.63) is 54.8 Å². The van der Waals surface area contributed by atoms with Gasteiger partial charge in [0.15, 0.2) is 5.78 Å². The highest BCUT2D eigenvalue weighted by molar-refractivity contribution is 7.91. The van der Waals surface area contributed by atoms with Crippen LogP contribution < -0.4 is 24.8 Å². The van der Waals surface area contributed by atoms with Gasteiger partial charge in [-0.2, -0.15) is 0 Å². The molecule has 0 spiro atoms. The molecule has 0 radical (unpaired) electrons. The van der Waals surface area contributed by atoms with Crippen molar-refractivity contribution in [2.24, 2.45) is 5.92 Å². The number of likely N-dealkylation sites (tertiary alicyclic amines) is 1. The van der Waals surface area contributed by atoms with E-state index in [1.807, 2.05) is 6.07 Å². The van der Waals surface area contributed by atoms with Gasteiger partial charge in [0, 0.05) is 30.3 Å². The maximum atomic E-state index is 14.5. The molecule has 4 amide bonds. The van der Waals surface area contributed by atoms with Gasteiger partial charge in [-0.25, -0.2) is 18.2 Å². The lowest BCUT2D eigenvalue weighted by Gasteiger charge is -2.30. The molecule has 0 unspecified atom stereocenters. The summed E-state index contributed by atoms with van der Waals surface area (Å²) in [5.41, 5.74) is -1.73. The number of benzene rings is 1. The normalized spacial score (nSPS) is 22.7. The maximum Gasteiger partial charge on any atom is 0.408 e. The molecule has 1 aromatic heterocycles. The number of sulfonamides is 1. The molecule has 1 aliphatic heterocycles. The van der Waals surface area contributed by atoms with Crippen LogP contribution in [0.3, 0.4) is 0 Å². The molecule has 3 N–H and O–H groups in total. The lowest BCUT2D eigenvalue weighted by Crippen LogP contribution is -2.58. The number of nitrogens with one attached hydrogen (secondary N) is 3. The molecular formula is C38H49N5O10S. The van der Waals surface area contributed by atoms with E-state index in [9.17, 15) is 32.4 Å². The number of hydrogen-bond donors (Lipinski definition) is 3. The van der Waals surface area contributed by atoms with E-state index in [0.717, 1.165) is 11.0 Å². The number of fused-ring (bicyclic) bond motifs is 1. The van der Waals surface area contributed by atoms with Crippen molar-refractivity contribution in [1.82, 2.24) is 25.2 Å². The summed E-state index contributed by atoms with van der Waals surface area (Å²) in [6.45, 7) is 12.1. The van der Waals surface area contributed by atoms with Gasteiger partial charge in [0.1, 0.15) is 35.1 Å². The van der Waals surface area contributed by atoms with Gasteiger partial charge in [-0.15, -0.1) is 6.58 Å². The van der Waals surface area contributed by atoms with Crippen LogP contribution in [0.15, 0.2) is 54.8 Å². The fourth-order valence-corrected chi connectivity index (χ4v) is 7.85. The van der Waals surface area contributed by atoms with Gasteiger partial charge >= 0.3 is 6.09 Å². The summed E-state index contributed by atoms with van der Waals surface area (Å²) in [4.78, 5) is 73.6. The minimum atomic E-state index is -3.93. The van der Waals surface area contributed by atoms with Crippen LogP contribution in [0.25, 0.3) is 10.8 Å². The SMILES string of the molecule is C=C[C@@H]1C[C@]1(NC(=O)[C@@H]1C[C@@H](Oc2nccc3cc(OC)ccc23)CN1C(=O)[C@H](CCC(=O)C=C(C)C)NC(=O)OC(C)(C)C)C(=O)NS(=O)(=O)C1CC1. The lowest BCUT2D eigenvalue weighted by molar-refractivity contribution is -0.141. The fourth-order valence-electron chi connectivity index (χ4n) is 6.49. The second-order valence-corrected chi connectivity index (χ2v) is 17.3. The molecule has 292 valence electrons. The topological polar surface area (TPSA) is 199 Å². The van der Waals surface area contributed by atoms with E-state index in [-0.39, 0.29) is 43.9 Å². The lowest BCUT2D eigenvalue weighted by atomic mass is 10.1. The molecule has 16 heteroatoms. The molecule has 3 fully saturated rings. The summed E-state index contributed by atoms with van der Waals surface area (Å²) in [6, 6.07) is 4.62. The minimum Gasteiger partial charge on any atom is -0.497 e. The van der Waals surface area contributed by atoms with E-state index in [1.165, 1.54) is 17.1 Å².